The number of nitrogens with zero attached hydrogens (tertiary/aromatic N) is 1. The summed E-state index contributed by atoms with van der Waals surface area (Å²) in [7, 11) is 0. The van der Waals surface area contributed by atoms with Gasteiger partial charge in [-0.1, -0.05) is 0 Å². The van der Waals surface area contributed by atoms with E-state index in [1.165, 1.54) is 37.4 Å². The molecule has 0 aromatic carbocycles. The fourth-order valence-corrected chi connectivity index (χ4v) is 4.46. The molecule has 2 heterocycles. The second kappa shape index (κ2) is 8.82. The molecule has 1 atom stereocenters. The van der Waals surface area contributed by atoms with E-state index in [-0.39, 0.29) is 24.8 Å². The summed E-state index contributed by atoms with van der Waals surface area (Å²) in [6.07, 6.45) is 3.50. The quantitative estimate of drug-likeness (QED) is 0.799. The maximum atomic E-state index is 12.2. The lowest BCUT2D eigenvalue weighted by Gasteiger charge is -2.26. The Bertz CT molecular complexity index is 334. The minimum absolute atomic E-state index is 0. The minimum Gasteiger partial charge on any atom is -0.355 e. The van der Waals surface area contributed by atoms with Crippen LogP contribution in [0.2, 0.25) is 0 Å². The van der Waals surface area contributed by atoms with E-state index in [2.05, 4.69) is 15.5 Å². The molecule has 0 aromatic heterocycles. The van der Waals surface area contributed by atoms with Crippen molar-refractivity contribution in [3.63, 3.8) is 0 Å². The van der Waals surface area contributed by atoms with Gasteiger partial charge in [-0.3, -0.25) is 9.69 Å². The molecule has 4 nitrogen and oxygen atoms in total. The van der Waals surface area contributed by atoms with Crippen LogP contribution in [0.15, 0.2) is 0 Å². The average Bonchev–Trinajstić information content (AvgIpc) is 3.14. The molecule has 0 aromatic rings. The molecule has 2 aliphatic heterocycles. The van der Waals surface area contributed by atoms with Crippen LogP contribution in [0.5, 0.6) is 0 Å². The molecular formula is C14H27Cl2N3OS. The van der Waals surface area contributed by atoms with Gasteiger partial charge < -0.3 is 10.6 Å². The second-order valence-electron chi connectivity index (χ2n) is 6.11. The Balaban J connectivity index is 0.00000110. The van der Waals surface area contributed by atoms with Gasteiger partial charge in [-0.15, -0.1) is 24.8 Å². The highest BCUT2D eigenvalue weighted by atomic mass is 35.5. The third-order valence-electron chi connectivity index (χ3n) is 4.94. The minimum atomic E-state index is 0. The maximum absolute atomic E-state index is 12.2. The Morgan fingerprint density at radius 1 is 1.24 bits per heavy atom. The van der Waals surface area contributed by atoms with Crippen molar-refractivity contribution in [2.45, 2.75) is 19.3 Å². The lowest BCUT2D eigenvalue weighted by Crippen LogP contribution is -2.40. The van der Waals surface area contributed by atoms with Crippen molar-refractivity contribution in [1.29, 1.82) is 0 Å². The molecular weight excluding hydrogens is 329 g/mol. The molecule has 1 saturated carbocycles. The van der Waals surface area contributed by atoms with E-state index < -0.39 is 0 Å². The molecule has 2 N–H and O–H groups in total. The fourth-order valence-electron chi connectivity index (χ4n) is 3.48. The Kier molecular flexibility index (Phi) is 8.14. The van der Waals surface area contributed by atoms with Crippen molar-refractivity contribution in [2.24, 2.45) is 11.3 Å². The number of rotatable bonds is 4. The monoisotopic (exact) mass is 355 g/mol. The molecule has 1 aliphatic carbocycles. The molecule has 1 spiro atoms. The standard InChI is InChI=1S/C14H25N3OS.2ClH/c18-13(12-11-14(12)1-3-15-4-2-14)16-5-6-17-7-9-19-10-8-17;;/h12,15H,1-11H2,(H,16,18);2*1H. The number of hydrogen-bond acceptors (Lipinski definition) is 4. The van der Waals surface area contributed by atoms with Crippen molar-refractivity contribution in [2.75, 3.05) is 50.8 Å². The number of nitrogens with one attached hydrogen (secondary N) is 2. The van der Waals surface area contributed by atoms with Crippen molar-refractivity contribution in [3.05, 3.63) is 0 Å². The number of amides is 1. The number of thioether (sulfide) groups is 1. The van der Waals surface area contributed by atoms with Crippen molar-refractivity contribution in [1.82, 2.24) is 15.5 Å². The number of piperidine rings is 1. The lowest BCUT2D eigenvalue weighted by atomic mass is 9.92. The Hall–Kier alpha value is 0.320. The van der Waals surface area contributed by atoms with Gasteiger partial charge in [-0.25, -0.2) is 0 Å². The molecule has 3 fully saturated rings. The molecule has 2 saturated heterocycles. The van der Waals surface area contributed by atoms with Gasteiger partial charge in [-0.05, 0) is 37.8 Å². The molecule has 3 aliphatic rings. The van der Waals surface area contributed by atoms with E-state index in [0.717, 1.165) is 32.6 Å². The summed E-state index contributed by atoms with van der Waals surface area (Å²) in [4.78, 5) is 14.6. The zero-order chi connectivity index (χ0) is 13.1. The smallest absolute Gasteiger partial charge is 0.223 e. The summed E-state index contributed by atoms with van der Waals surface area (Å²) in [5.74, 6) is 3.11. The largest absolute Gasteiger partial charge is 0.355 e. The van der Waals surface area contributed by atoms with Crippen molar-refractivity contribution >= 4 is 42.5 Å². The first-order valence-electron chi connectivity index (χ1n) is 7.59. The summed E-state index contributed by atoms with van der Waals surface area (Å²) in [6, 6.07) is 0. The van der Waals surface area contributed by atoms with E-state index in [1.54, 1.807) is 0 Å². The Labute approximate surface area is 144 Å². The van der Waals surface area contributed by atoms with Crippen LogP contribution >= 0.6 is 36.6 Å². The van der Waals surface area contributed by atoms with Crippen molar-refractivity contribution < 1.29 is 4.79 Å². The number of halogens is 2. The normalized spacial score (nSPS) is 27.3. The van der Waals surface area contributed by atoms with E-state index in [4.69, 9.17) is 0 Å². The third-order valence-corrected chi connectivity index (χ3v) is 5.88. The number of carbonyl (C=O) groups excluding carboxylic acids is 1. The molecule has 1 amide bonds. The molecule has 124 valence electrons. The van der Waals surface area contributed by atoms with Crippen LogP contribution < -0.4 is 10.6 Å². The fraction of sp³-hybridized carbons (Fsp3) is 0.929. The Morgan fingerprint density at radius 2 is 1.90 bits per heavy atom. The third kappa shape index (κ3) is 4.90. The number of carbonyl (C=O) groups is 1. The topological polar surface area (TPSA) is 44.4 Å². The first kappa shape index (κ1) is 19.4. The van der Waals surface area contributed by atoms with Gasteiger partial charge in [-0.2, -0.15) is 11.8 Å². The van der Waals surface area contributed by atoms with Gasteiger partial charge in [0.1, 0.15) is 0 Å². The summed E-state index contributed by atoms with van der Waals surface area (Å²) in [5, 5.41) is 6.54. The van der Waals surface area contributed by atoms with Crippen LogP contribution in [0.1, 0.15) is 19.3 Å². The van der Waals surface area contributed by atoms with Gasteiger partial charge in [0, 0.05) is 43.6 Å². The summed E-state index contributed by atoms with van der Waals surface area (Å²) >= 11 is 2.03. The molecule has 7 heteroatoms. The zero-order valence-electron chi connectivity index (χ0n) is 12.4. The summed E-state index contributed by atoms with van der Waals surface area (Å²) < 4.78 is 0. The van der Waals surface area contributed by atoms with E-state index in [9.17, 15) is 4.79 Å². The molecule has 3 rings (SSSR count). The Morgan fingerprint density at radius 3 is 2.57 bits per heavy atom. The first-order chi connectivity index (χ1) is 9.30. The second-order valence-corrected chi connectivity index (χ2v) is 7.34. The lowest BCUT2D eigenvalue weighted by molar-refractivity contribution is -0.123. The van der Waals surface area contributed by atoms with E-state index in [1.807, 2.05) is 11.8 Å². The van der Waals surface area contributed by atoms with E-state index in [0.29, 0.717) is 17.2 Å². The van der Waals surface area contributed by atoms with Crippen molar-refractivity contribution in [3.8, 4) is 0 Å². The van der Waals surface area contributed by atoms with Gasteiger partial charge in [0.15, 0.2) is 0 Å². The highest BCUT2D eigenvalue weighted by Gasteiger charge is 2.57. The first-order valence-corrected chi connectivity index (χ1v) is 8.74. The highest BCUT2D eigenvalue weighted by Crippen LogP contribution is 2.58. The van der Waals surface area contributed by atoms with Crippen LogP contribution in [-0.2, 0) is 4.79 Å². The molecule has 1 unspecified atom stereocenters. The SMILES string of the molecule is Cl.Cl.O=C(NCCN1CCSCC1)C1CC12CCNCC2. The van der Waals surface area contributed by atoms with Gasteiger partial charge >= 0.3 is 0 Å². The zero-order valence-corrected chi connectivity index (χ0v) is 14.9. The van der Waals surface area contributed by atoms with Crippen LogP contribution in [-0.4, -0.2) is 61.6 Å². The van der Waals surface area contributed by atoms with Crippen LogP contribution in [0.25, 0.3) is 0 Å². The van der Waals surface area contributed by atoms with Gasteiger partial charge in [0.05, 0.1) is 0 Å². The van der Waals surface area contributed by atoms with Gasteiger partial charge in [0.25, 0.3) is 0 Å². The average molecular weight is 356 g/mol. The molecule has 0 bridgehead atoms. The molecule has 21 heavy (non-hydrogen) atoms. The van der Waals surface area contributed by atoms with Gasteiger partial charge in [0.2, 0.25) is 5.91 Å². The van der Waals surface area contributed by atoms with E-state index >= 15 is 0 Å². The van der Waals surface area contributed by atoms with Crippen LogP contribution in [0.4, 0.5) is 0 Å². The predicted molar refractivity (Wildman–Crippen MR) is 93.9 cm³/mol. The van der Waals surface area contributed by atoms with Crippen LogP contribution in [0, 0.1) is 11.3 Å². The maximum Gasteiger partial charge on any atom is 0.223 e. The predicted octanol–water partition coefficient (Wildman–Crippen LogP) is 1.38. The molecule has 0 radical (unpaired) electrons. The summed E-state index contributed by atoms with van der Waals surface area (Å²) in [6.45, 7) is 6.39. The summed E-state index contributed by atoms with van der Waals surface area (Å²) in [5.41, 5.74) is 0.372. The number of hydrogen-bond donors (Lipinski definition) is 2. The van der Waals surface area contributed by atoms with Crippen LogP contribution in [0.3, 0.4) is 0 Å². The highest BCUT2D eigenvalue weighted by molar-refractivity contribution is 7.99.